The average molecular weight is 159 g/mol. The summed E-state index contributed by atoms with van der Waals surface area (Å²) < 4.78 is 5.37. The number of nitrogens with two attached hydrogens (primary N) is 1. The second-order valence-electron chi connectivity index (χ2n) is 3.20. The van der Waals surface area contributed by atoms with E-state index in [4.69, 9.17) is 15.6 Å². The highest BCUT2D eigenvalue weighted by Crippen LogP contribution is 2.23. The maximum absolute atomic E-state index is 8.66. The zero-order valence-corrected chi connectivity index (χ0v) is 6.99. The van der Waals surface area contributed by atoms with Gasteiger partial charge in [-0.1, -0.05) is 0 Å². The van der Waals surface area contributed by atoms with Crippen LogP contribution >= 0.6 is 0 Å². The molecule has 1 rings (SSSR count). The van der Waals surface area contributed by atoms with Crippen LogP contribution < -0.4 is 5.73 Å². The van der Waals surface area contributed by atoms with Crippen molar-refractivity contribution in [2.24, 2.45) is 11.7 Å². The Morgan fingerprint density at radius 2 is 2.45 bits per heavy atom. The van der Waals surface area contributed by atoms with E-state index in [-0.39, 0.29) is 18.8 Å². The molecule has 1 fully saturated rings. The van der Waals surface area contributed by atoms with Gasteiger partial charge in [-0.15, -0.1) is 0 Å². The Balaban J connectivity index is 2.33. The second-order valence-corrected chi connectivity index (χ2v) is 3.20. The first-order valence-corrected chi connectivity index (χ1v) is 4.23. The molecular weight excluding hydrogens is 142 g/mol. The van der Waals surface area contributed by atoms with Crippen molar-refractivity contribution in [1.82, 2.24) is 0 Å². The molecule has 0 amide bonds. The van der Waals surface area contributed by atoms with Crippen LogP contribution in [0.15, 0.2) is 0 Å². The lowest BCUT2D eigenvalue weighted by atomic mass is 9.92. The molecule has 66 valence electrons. The molecule has 0 aromatic heterocycles. The van der Waals surface area contributed by atoms with Gasteiger partial charge >= 0.3 is 0 Å². The van der Waals surface area contributed by atoms with Crippen LogP contribution in [-0.4, -0.2) is 30.5 Å². The first-order chi connectivity index (χ1) is 5.25. The first kappa shape index (κ1) is 8.97. The van der Waals surface area contributed by atoms with Gasteiger partial charge in [0.2, 0.25) is 0 Å². The Kier molecular flexibility index (Phi) is 3.30. The quantitative estimate of drug-likeness (QED) is 0.615. The zero-order valence-electron chi connectivity index (χ0n) is 6.99. The van der Waals surface area contributed by atoms with Crippen LogP contribution in [0.1, 0.15) is 19.8 Å². The number of aliphatic hydroxyl groups is 1. The Labute approximate surface area is 67.5 Å². The van der Waals surface area contributed by atoms with E-state index in [9.17, 15) is 0 Å². The highest BCUT2D eigenvalue weighted by Gasteiger charge is 2.28. The molecule has 3 unspecified atom stereocenters. The third-order valence-electron chi connectivity index (χ3n) is 2.45. The molecule has 1 aliphatic rings. The summed E-state index contributed by atoms with van der Waals surface area (Å²) in [5.41, 5.74) is 5.84. The fraction of sp³-hybridized carbons (Fsp3) is 1.00. The molecule has 3 N–H and O–H groups in total. The number of hydrogen-bond donors (Lipinski definition) is 2. The molecule has 1 heterocycles. The van der Waals surface area contributed by atoms with E-state index in [2.05, 4.69) is 6.92 Å². The maximum Gasteiger partial charge on any atom is 0.0590 e. The van der Waals surface area contributed by atoms with Gasteiger partial charge in [-0.25, -0.2) is 0 Å². The number of ether oxygens (including phenoxy) is 1. The summed E-state index contributed by atoms with van der Waals surface area (Å²) in [6.45, 7) is 3.06. The van der Waals surface area contributed by atoms with E-state index < -0.39 is 0 Å². The van der Waals surface area contributed by atoms with Crippen molar-refractivity contribution < 1.29 is 9.84 Å². The van der Waals surface area contributed by atoms with Crippen molar-refractivity contribution in [1.29, 1.82) is 0 Å². The van der Waals surface area contributed by atoms with Crippen LogP contribution in [0, 0.1) is 5.92 Å². The normalized spacial score (nSPS) is 34.1. The van der Waals surface area contributed by atoms with Crippen molar-refractivity contribution in [3.05, 3.63) is 0 Å². The van der Waals surface area contributed by atoms with E-state index in [1.54, 1.807) is 0 Å². The molecule has 0 bridgehead atoms. The Morgan fingerprint density at radius 1 is 1.73 bits per heavy atom. The number of rotatable bonds is 3. The summed E-state index contributed by atoms with van der Waals surface area (Å²) in [6, 6.07) is 0.109. The van der Waals surface area contributed by atoms with Gasteiger partial charge in [0.1, 0.15) is 0 Å². The molecule has 0 aromatic rings. The summed E-state index contributed by atoms with van der Waals surface area (Å²) in [6.07, 6.45) is 2.01. The SMILES string of the molecule is CC1OCCC1C(N)CCO. The van der Waals surface area contributed by atoms with E-state index in [1.165, 1.54) is 0 Å². The standard InChI is InChI=1S/C8H17NO2/c1-6-7(3-5-11-6)8(9)2-4-10/h6-8,10H,2-5,9H2,1H3. The third-order valence-corrected chi connectivity index (χ3v) is 2.45. The fourth-order valence-corrected chi connectivity index (χ4v) is 1.67. The first-order valence-electron chi connectivity index (χ1n) is 4.23. The minimum Gasteiger partial charge on any atom is -0.396 e. The largest absolute Gasteiger partial charge is 0.396 e. The second kappa shape index (κ2) is 4.04. The summed E-state index contributed by atoms with van der Waals surface area (Å²) in [5, 5.41) is 8.66. The van der Waals surface area contributed by atoms with Gasteiger partial charge < -0.3 is 15.6 Å². The van der Waals surface area contributed by atoms with Gasteiger partial charge in [-0.2, -0.15) is 0 Å². The average Bonchev–Trinajstić information content (AvgIpc) is 2.36. The van der Waals surface area contributed by atoms with Crippen molar-refractivity contribution >= 4 is 0 Å². The van der Waals surface area contributed by atoms with Gasteiger partial charge in [-0.05, 0) is 19.8 Å². The lowest BCUT2D eigenvalue weighted by Crippen LogP contribution is -2.34. The molecular formula is C8H17NO2. The molecule has 0 spiro atoms. The van der Waals surface area contributed by atoms with Crippen LogP contribution in [0.3, 0.4) is 0 Å². The van der Waals surface area contributed by atoms with Crippen molar-refractivity contribution in [2.45, 2.75) is 31.9 Å². The molecule has 3 nitrogen and oxygen atoms in total. The predicted octanol–water partition coefficient (Wildman–Crippen LogP) is 0.121. The summed E-state index contributed by atoms with van der Waals surface area (Å²) in [4.78, 5) is 0. The maximum atomic E-state index is 8.66. The lowest BCUT2D eigenvalue weighted by Gasteiger charge is -2.20. The molecule has 1 aliphatic heterocycles. The minimum atomic E-state index is 0.109. The van der Waals surface area contributed by atoms with Crippen LogP contribution in [0.2, 0.25) is 0 Å². The Hall–Kier alpha value is -0.120. The van der Waals surface area contributed by atoms with Crippen LogP contribution in [0.25, 0.3) is 0 Å². The molecule has 0 aromatic carbocycles. The molecule has 3 atom stereocenters. The van der Waals surface area contributed by atoms with E-state index in [0.29, 0.717) is 12.3 Å². The summed E-state index contributed by atoms with van der Waals surface area (Å²) in [5.74, 6) is 0.446. The zero-order chi connectivity index (χ0) is 8.27. The van der Waals surface area contributed by atoms with Gasteiger partial charge in [0.15, 0.2) is 0 Å². The molecule has 0 aliphatic carbocycles. The topological polar surface area (TPSA) is 55.5 Å². The molecule has 11 heavy (non-hydrogen) atoms. The molecule has 0 radical (unpaired) electrons. The van der Waals surface area contributed by atoms with Crippen LogP contribution in [0.4, 0.5) is 0 Å². The number of aliphatic hydroxyl groups excluding tert-OH is 1. The van der Waals surface area contributed by atoms with Crippen molar-refractivity contribution in [2.75, 3.05) is 13.2 Å². The number of hydrogen-bond acceptors (Lipinski definition) is 3. The van der Waals surface area contributed by atoms with Crippen LogP contribution in [-0.2, 0) is 4.74 Å². The van der Waals surface area contributed by atoms with Gasteiger partial charge in [-0.3, -0.25) is 0 Å². The minimum absolute atomic E-state index is 0.109. The highest BCUT2D eigenvalue weighted by molar-refractivity contribution is 4.81. The van der Waals surface area contributed by atoms with Crippen molar-refractivity contribution in [3.63, 3.8) is 0 Å². The Bertz CT molecular complexity index is 119. The lowest BCUT2D eigenvalue weighted by molar-refractivity contribution is 0.0963. The summed E-state index contributed by atoms with van der Waals surface area (Å²) in [7, 11) is 0. The van der Waals surface area contributed by atoms with Crippen molar-refractivity contribution in [3.8, 4) is 0 Å². The molecule has 0 saturated carbocycles. The predicted molar refractivity (Wildman–Crippen MR) is 43.2 cm³/mol. The van der Waals surface area contributed by atoms with Crippen LogP contribution in [0.5, 0.6) is 0 Å². The van der Waals surface area contributed by atoms with Gasteiger partial charge in [0.05, 0.1) is 6.10 Å². The smallest absolute Gasteiger partial charge is 0.0590 e. The third kappa shape index (κ3) is 2.15. The molecule has 3 heteroatoms. The summed E-state index contributed by atoms with van der Waals surface area (Å²) >= 11 is 0. The van der Waals surface area contributed by atoms with Gasteiger partial charge in [0.25, 0.3) is 0 Å². The fourth-order valence-electron chi connectivity index (χ4n) is 1.67. The van der Waals surface area contributed by atoms with E-state index >= 15 is 0 Å². The van der Waals surface area contributed by atoms with E-state index in [0.717, 1.165) is 13.0 Å². The highest BCUT2D eigenvalue weighted by atomic mass is 16.5. The Morgan fingerprint density at radius 3 is 2.91 bits per heavy atom. The van der Waals surface area contributed by atoms with E-state index in [1.807, 2.05) is 0 Å². The monoisotopic (exact) mass is 159 g/mol. The molecule has 1 saturated heterocycles. The van der Waals surface area contributed by atoms with Gasteiger partial charge in [0, 0.05) is 25.2 Å².